The lowest BCUT2D eigenvalue weighted by molar-refractivity contribution is 0.310. The summed E-state index contributed by atoms with van der Waals surface area (Å²) in [5.74, 6) is 0.716. The number of nitrogens with zero attached hydrogens (tertiary/aromatic N) is 1. The predicted molar refractivity (Wildman–Crippen MR) is 207 cm³/mol. The first-order chi connectivity index (χ1) is 23.7. The zero-order chi connectivity index (χ0) is 31.8. The molecule has 0 saturated carbocycles. The van der Waals surface area contributed by atoms with Gasteiger partial charge in [0.1, 0.15) is 12.4 Å². The van der Waals surface area contributed by atoms with Crippen LogP contribution in [0, 0.1) is 0 Å². The number of benzene rings is 7. The molecule has 0 unspecified atom stereocenters. The van der Waals surface area contributed by atoms with Crippen LogP contribution >= 0.6 is 22.7 Å². The molecule has 0 fully saturated rings. The Hall–Kier alpha value is -5.62. The Kier molecular flexibility index (Phi) is 6.13. The second-order valence-corrected chi connectivity index (χ2v) is 14.4. The monoisotopic (exact) mass is 652 g/mol. The van der Waals surface area contributed by atoms with Crippen molar-refractivity contribution >= 4 is 90.5 Å². The lowest BCUT2D eigenvalue weighted by Crippen LogP contribution is -2.01. The minimum absolute atomic E-state index is 0.420. The van der Waals surface area contributed by atoms with Crippen LogP contribution in [-0.2, 0) is 6.61 Å². The molecule has 7 aromatic carbocycles. The number of hydrogen-bond donors (Lipinski definition) is 1. The van der Waals surface area contributed by atoms with E-state index in [1.807, 2.05) is 23.5 Å². The normalized spacial score (nSPS) is 11.9. The molecule has 0 aliphatic rings. The summed E-state index contributed by atoms with van der Waals surface area (Å²) in [6.45, 7) is 0.420. The van der Waals surface area contributed by atoms with Gasteiger partial charge in [-0.25, -0.2) is 0 Å². The van der Waals surface area contributed by atoms with Crippen molar-refractivity contribution in [3.63, 3.8) is 0 Å². The third-order valence-electron chi connectivity index (χ3n) is 9.53. The average molecular weight is 653 g/mol. The van der Waals surface area contributed by atoms with Crippen LogP contribution in [0.1, 0.15) is 5.56 Å². The SMILES string of the molecule is Nc1c(OCc2ccc(-n3c4ccccc4c4ccccc43)c3c2sc2ccccc23)ccc2sc3ccc(-c4ccccc4)cc3c12. The van der Waals surface area contributed by atoms with Gasteiger partial charge in [0.15, 0.2) is 0 Å². The lowest BCUT2D eigenvalue weighted by atomic mass is 10.0. The van der Waals surface area contributed by atoms with Gasteiger partial charge in [0.2, 0.25) is 0 Å². The van der Waals surface area contributed by atoms with Crippen molar-refractivity contribution in [1.82, 2.24) is 4.57 Å². The van der Waals surface area contributed by atoms with Crippen molar-refractivity contribution in [1.29, 1.82) is 0 Å². The Morgan fingerprint density at radius 3 is 1.98 bits per heavy atom. The van der Waals surface area contributed by atoms with E-state index in [9.17, 15) is 0 Å². The fourth-order valence-corrected chi connectivity index (χ4v) is 9.64. The maximum absolute atomic E-state index is 6.93. The lowest BCUT2D eigenvalue weighted by Gasteiger charge is -2.14. The van der Waals surface area contributed by atoms with Gasteiger partial charge in [-0.1, -0.05) is 97.1 Å². The zero-order valence-corrected chi connectivity index (χ0v) is 27.4. The van der Waals surface area contributed by atoms with Gasteiger partial charge in [-0.05, 0) is 59.7 Å². The first-order valence-electron chi connectivity index (χ1n) is 16.1. The Labute approximate surface area is 284 Å². The summed E-state index contributed by atoms with van der Waals surface area (Å²) in [4.78, 5) is 0. The smallest absolute Gasteiger partial charge is 0.143 e. The molecule has 228 valence electrons. The predicted octanol–water partition coefficient (Wildman–Crippen LogP) is 12.3. The van der Waals surface area contributed by atoms with Crippen LogP contribution in [0.2, 0.25) is 0 Å². The topological polar surface area (TPSA) is 40.2 Å². The second kappa shape index (κ2) is 10.7. The van der Waals surface area contributed by atoms with Gasteiger partial charge in [0, 0.05) is 56.7 Å². The van der Waals surface area contributed by atoms with Crippen LogP contribution in [0.4, 0.5) is 5.69 Å². The Morgan fingerprint density at radius 1 is 0.521 bits per heavy atom. The Balaban J connectivity index is 1.10. The third-order valence-corrected chi connectivity index (χ3v) is 11.9. The second-order valence-electron chi connectivity index (χ2n) is 12.2. The third kappa shape index (κ3) is 4.11. The Morgan fingerprint density at radius 2 is 1.19 bits per heavy atom. The highest BCUT2D eigenvalue weighted by atomic mass is 32.1. The summed E-state index contributed by atoms with van der Waals surface area (Å²) in [7, 11) is 0. The molecular formula is C43H28N2OS2. The number of para-hydroxylation sites is 2. The molecule has 10 rings (SSSR count). The number of nitrogens with two attached hydrogens (primary N) is 1. The molecule has 3 nitrogen and oxygen atoms in total. The maximum atomic E-state index is 6.93. The molecule has 0 amide bonds. The summed E-state index contributed by atoms with van der Waals surface area (Å²) in [6.07, 6.45) is 0. The fraction of sp³-hybridized carbons (Fsp3) is 0.0233. The minimum Gasteiger partial charge on any atom is -0.487 e. The van der Waals surface area contributed by atoms with Gasteiger partial charge in [0.25, 0.3) is 0 Å². The van der Waals surface area contributed by atoms with Crippen molar-refractivity contribution in [2.24, 2.45) is 0 Å². The molecule has 0 radical (unpaired) electrons. The van der Waals surface area contributed by atoms with Crippen molar-refractivity contribution in [3.8, 4) is 22.6 Å². The van der Waals surface area contributed by atoms with E-state index in [1.54, 1.807) is 11.3 Å². The van der Waals surface area contributed by atoms with Gasteiger partial charge >= 0.3 is 0 Å². The molecule has 0 atom stereocenters. The van der Waals surface area contributed by atoms with Gasteiger partial charge in [-0.15, -0.1) is 22.7 Å². The van der Waals surface area contributed by atoms with E-state index in [0.29, 0.717) is 18.0 Å². The quantitative estimate of drug-likeness (QED) is 0.188. The summed E-state index contributed by atoms with van der Waals surface area (Å²) in [5.41, 5.74) is 14.8. The number of rotatable bonds is 5. The summed E-state index contributed by atoms with van der Waals surface area (Å²) in [6, 6.07) is 52.0. The van der Waals surface area contributed by atoms with Crippen molar-refractivity contribution in [3.05, 3.63) is 151 Å². The first-order valence-corrected chi connectivity index (χ1v) is 17.7. The number of hydrogen-bond acceptors (Lipinski definition) is 4. The zero-order valence-electron chi connectivity index (χ0n) is 25.8. The maximum Gasteiger partial charge on any atom is 0.143 e. The number of fused-ring (bicyclic) bond motifs is 9. The summed E-state index contributed by atoms with van der Waals surface area (Å²) < 4.78 is 13.9. The van der Waals surface area contributed by atoms with Gasteiger partial charge in [-0.3, -0.25) is 0 Å². The van der Waals surface area contributed by atoms with Crippen molar-refractivity contribution < 1.29 is 4.74 Å². The minimum atomic E-state index is 0.420. The highest BCUT2D eigenvalue weighted by Crippen LogP contribution is 2.45. The molecule has 48 heavy (non-hydrogen) atoms. The number of anilines is 1. The molecule has 0 saturated heterocycles. The van der Waals surface area contributed by atoms with Crippen LogP contribution in [0.15, 0.2) is 146 Å². The van der Waals surface area contributed by atoms with Crippen molar-refractivity contribution in [2.75, 3.05) is 5.73 Å². The van der Waals surface area contributed by atoms with Crippen LogP contribution in [0.3, 0.4) is 0 Å². The van der Waals surface area contributed by atoms with Crippen molar-refractivity contribution in [2.45, 2.75) is 6.61 Å². The van der Waals surface area contributed by atoms with Gasteiger partial charge < -0.3 is 15.0 Å². The van der Waals surface area contributed by atoms with E-state index in [-0.39, 0.29) is 0 Å². The highest BCUT2D eigenvalue weighted by molar-refractivity contribution is 7.26. The number of ether oxygens (including phenoxy) is 1. The number of nitrogen functional groups attached to an aromatic ring is 1. The molecule has 0 bridgehead atoms. The van der Waals surface area contributed by atoms with E-state index in [2.05, 4.69) is 138 Å². The van der Waals surface area contributed by atoms with E-state index in [1.165, 1.54) is 73.6 Å². The summed E-state index contributed by atoms with van der Waals surface area (Å²) >= 11 is 3.60. The van der Waals surface area contributed by atoms with Crippen LogP contribution in [-0.4, -0.2) is 4.57 Å². The Bertz CT molecular complexity index is 2810. The molecule has 0 aliphatic heterocycles. The molecule has 2 N–H and O–H groups in total. The van der Waals surface area contributed by atoms with E-state index in [4.69, 9.17) is 10.5 Å². The largest absolute Gasteiger partial charge is 0.487 e. The standard InChI is InChI=1S/C43H28N2OS2/c44-42-36(21-23-39-41(42)32-24-27(19-22-38(32)47-39)26-10-2-1-3-11-26)46-25-28-18-20-35(40-31-14-6-9-17-37(31)48-43(28)40)45-33-15-7-4-12-29(33)30-13-5-8-16-34(30)45/h1-24H,25,44H2. The summed E-state index contributed by atoms with van der Waals surface area (Å²) in [5, 5.41) is 7.27. The molecule has 10 aromatic rings. The van der Waals surface area contributed by atoms with E-state index in [0.717, 1.165) is 10.9 Å². The van der Waals surface area contributed by atoms with Crippen LogP contribution in [0.5, 0.6) is 5.75 Å². The average Bonchev–Trinajstić information content (AvgIpc) is 3.82. The van der Waals surface area contributed by atoms with Crippen LogP contribution < -0.4 is 10.5 Å². The molecule has 0 aliphatic carbocycles. The molecule has 0 spiro atoms. The van der Waals surface area contributed by atoms with E-state index < -0.39 is 0 Å². The first kappa shape index (κ1) is 27.5. The fourth-order valence-electron chi connectivity index (χ4n) is 7.31. The van der Waals surface area contributed by atoms with E-state index >= 15 is 0 Å². The van der Waals surface area contributed by atoms with Gasteiger partial charge in [0.05, 0.1) is 22.4 Å². The number of aromatic nitrogens is 1. The number of thiophene rings is 2. The molecular weight excluding hydrogens is 625 g/mol. The van der Waals surface area contributed by atoms with Crippen LogP contribution in [0.25, 0.3) is 79.0 Å². The van der Waals surface area contributed by atoms with Gasteiger partial charge in [-0.2, -0.15) is 0 Å². The molecule has 5 heteroatoms. The molecule has 3 aromatic heterocycles. The molecule has 3 heterocycles. The highest BCUT2D eigenvalue weighted by Gasteiger charge is 2.19.